The Morgan fingerprint density at radius 3 is 1.85 bits per heavy atom. The number of carbonyl (C=O) groups is 2. The summed E-state index contributed by atoms with van der Waals surface area (Å²) >= 11 is 2.17. The molecule has 0 unspecified atom stereocenters. The van der Waals surface area contributed by atoms with E-state index in [0.29, 0.717) is 47.0 Å². The lowest BCUT2D eigenvalue weighted by molar-refractivity contribution is 0.0587. The van der Waals surface area contributed by atoms with E-state index in [1.165, 1.54) is 20.3 Å². The lowest BCUT2D eigenvalue weighted by atomic mass is 10.0. The number of rotatable bonds is 7. The predicted octanol–water partition coefficient (Wildman–Crippen LogP) is 6.15. The molecule has 8 heteroatoms. The van der Waals surface area contributed by atoms with Gasteiger partial charge in [-0.1, -0.05) is 24.3 Å². The van der Waals surface area contributed by atoms with Crippen LogP contribution in [0.3, 0.4) is 0 Å². The fourth-order valence-electron chi connectivity index (χ4n) is 2.99. The smallest absolute Gasteiger partial charge is 0.341 e. The summed E-state index contributed by atoms with van der Waals surface area (Å²) in [6, 6.07) is 16.7. The third-order valence-electron chi connectivity index (χ3n) is 4.52. The highest BCUT2D eigenvalue weighted by Crippen LogP contribution is 2.29. The molecule has 180 valence electrons. The molecule has 3 aromatic carbocycles. The molecule has 0 aliphatic heterocycles. The second kappa shape index (κ2) is 13.5. The molecule has 0 heterocycles. The summed E-state index contributed by atoms with van der Waals surface area (Å²) in [4.78, 5) is 23.0. The maximum Gasteiger partial charge on any atom is 0.341 e. The van der Waals surface area contributed by atoms with Gasteiger partial charge in [0.25, 0.3) is 0 Å². The molecule has 0 saturated heterocycles. The quantitative estimate of drug-likeness (QED) is 0.247. The molecule has 0 aliphatic carbocycles. The van der Waals surface area contributed by atoms with Gasteiger partial charge in [-0.05, 0) is 78.4 Å². The van der Waals surface area contributed by atoms with Gasteiger partial charge in [0.2, 0.25) is 0 Å². The Morgan fingerprint density at radius 1 is 0.794 bits per heavy atom. The minimum absolute atomic E-state index is 0.319. The molecule has 0 aliphatic rings. The molecule has 0 atom stereocenters. The number of hydrogen-bond donors (Lipinski definition) is 0. The first-order valence-electron chi connectivity index (χ1n) is 10.5. The Bertz CT molecular complexity index is 1130. The van der Waals surface area contributed by atoms with Crippen LogP contribution in [0.2, 0.25) is 0 Å². The standard InChI is InChI=1S/C16H15FO3.C10H11IO3/c1-3-20-15-10-11(8-9-13(15)16(18)19-2)12-6-4-5-7-14(12)17;1-3-14-9-6-7(11)4-5-8(9)10(12)13-2/h4-10H,3H2,1-2H3;4-6H,3H2,1-2H3. The number of carbonyl (C=O) groups excluding carboxylic acids is 2. The van der Waals surface area contributed by atoms with E-state index in [0.717, 1.165) is 3.57 Å². The van der Waals surface area contributed by atoms with Crippen LogP contribution in [-0.2, 0) is 9.47 Å². The monoisotopic (exact) mass is 580 g/mol. The van der Waals surface area contributed by atoms with E-state index in [1.807, 2.05) is 26.0 Å². The van der Waals surface area contributed by atoms with Crippen molar-refractivity contribution in [3.63, 3.8) is 0 Å². The Labute approximate surface area is 212 Å². The molecule has 3 rings (SSSR count). The number of halogens is 2. The molecule has 0 radical (unpaired) electrons. The summed E-state index contributed by atoms with van der Waals surface area (Å²) in [6.45, 7) is 4.63. The molecule has 0 aromatic heterocycles. The van der Waals surface area contributed by atoms with E-state index in [1.54, 1.807) is 42.5 Å². The normalized spacial score (nSPS) is 9.94. The van der Waals surface area contributed by atoms with Crippen molar-refractivity contribution in [2.24, 2.45) is 0 Å². The minimum atomic E-state index is -0.478. The zero-order chi connectivity index (χ0) is 25.1. The van der Waals surface area contributed by atoms with E-state index in [9.17, 15) is 14.0 Å². The number of methoxy groups -OCH3 is 2. The Morgan fingerprint density at radius 2 is 1.32 bits per heavy atom. The van der Waals surface area contributed by atoms with Gasteiger partial charge in [-0.15, -0.1) is 0 Å². The first kappa shape index (κ1) is 27.1. The lowest BCUT2D eigenvalue weighted by Crippen LogP contribution is -2.05. The highest BCUT2D eigenvalue weighted by Gasteiger charge is 2.15. The maximum absolute atomic E-state index is 13.8. The second-order valence-corrected chi connectivity index (χ2v) is 7.93. The van der Waals surface area contributed by atoms with Crippen LogP contribution in [0.5, 0.6) is 11.5 Å². The largest absolute Gasteiger partial charge is 0.493 e. The summed E-state index contributed by atoms with van der Waals surface area (Å²) < 4.78 is 34.9. The van der Waals surface area contributed by atoms with Gasteiger partial charge in [-0.25, -0.2) is 14.0 Å². The van der Waals surface area contributed by atoms with Crippen molar-refractivity contribution >= 4 is 34.5 Å². The van der Waals surface area contributed by atoms with E-state index in [2.05, 4.69) is 27.3 Å². The summed E-state index contributed by atoms with van der Waals surface area (Å²) in [5.74, 6) is -0.203. The second-order valence-electron chi connectivity index (χ2n) is 6.68. The summed E-state index contributed by atoms with van der Waals surface area (Å²) in [5.41, 5.74) is 1.91. The fraction of sp³-hybridized carbons (Fsp3) is 0.231. The molecule has 0 spiro atoms. The highest BCUT2D eigenvalue weighted by molar-refractivity contribution is 14.1. The summed E-state index contributed by atoms with van der Waals surface area (Å²) in [5, 5.41) is 0. The maximum atomic E-state index is 13.8. The van der Waals surface area contributed by atoms with Crippen LogP contribution in [0, 0.1) is 9.39 Å². The van der Waals surface area contributed by atoms with Crippen LogP contribution in [-0.4, -0.2) is 39.4 Å². The van der Waals surface area contributed by atoms with Gasteiger partial charge in [0.1, 0.15) is 28.4 Å². The molecule has 34 heavy (non-hydrogen) atoms. The first-order chi connectivity index (χ1) is 16.4. The van der Waals surface area contributed by atoms with Crippen molar-refractivity contribution in [2.45, 2.75) is 13.8 Å². The number of esters is 2. The highest BCUT2D eigenvalue weighted by atomic mass is 127. The van der Waals surface area contributed by atoms with Crippen LogP contribution in [0.25, 0.3) is 11.1 Å². The first-order valence-corrected chi connectivity index (χ1v) is 11.5. The molecule has 0 amide bonds. The molecule has 6 nitrogen and oxygen atoms in total. The van der Waals surface area contributed by atoms with Crippen molar-refractivity contribution in [2.75, 3.05) is 27.4 Å². The summed E-state index contributed by atoms with van der Waals surface area (Å²) in [6.07, 6.45) is 0. The Kier molecular flexibility index (Phi) is 10.8. The van der Waals surface area contributed by atoms with Crippen LogP contribution < -0.4 is 9.47 Å². The molecule has 0 saturated carbocycles. The van der Waals surface area contributed by atoms with Crippen molar-refractivity contribution < 1.29 is 32.9 Å². The van der Waals surface area contributed by atoms with Gasteiger partial charge in [-0.3, -0.25) is 0 Å². The Hall–Kier alpha value is -3.14. The topological polar surface area (TPSA) is 71.1 Å². The average Bonchev–Trinajstić information content (AvgIpc) is 2.84. The van der Waals surface area contributed by atoms with Crippen LogP contribution in [0.4, 0.5) is 4.39 Å². The van der Waals surface area contributed by atoms with Crippen molar-refractivity contribution in [1.82, 2.24) is 0 Å². The van der Waals surface area contributed by atoms with Gasteiger partial charge < -0.3 is 18.9 Å². The number of ether oxygens (including phenoxy) is 4. The van der Waals surface area contributed by atoms with Crippen molar-refractivity contribution in [1.29, 1.82) is 0 Å². The zero-order valence-electron chi connectivity index (χ0n) is 19.4. The van der Waals surface area contributed by atoms with E-state index in [4.69, 9.17) is 14.2 Å². The Balaban J connectivity index is 0.000000257. The van der Waals surface area contributed by atoms with Gasteiger partial charge in [0.15, 0.2) is 0 Å². The third-order valence-corrected chi connectivity index (χ3v) is 5.19. The molecular formula is C26H26FIO6. The summed E-state index contributed by atoms with van der Waals surface area (Å²) in [7, 11) is 2.67. The molecule has 3 aromatic rings. The third kappa shape index (κ3) is 7.18. The predicted molar refractivity (Wildman–Crippen MR) is 136 cm³/mol. The molecule has 0 fully saturated rings. The van der Waals surface area contributed by atoms with Gasteiger partial charge in [0.05, 0.1) is 27.4 Å². The van der Waals surface area contributed by atoms with Crippen molar-refractivity contribution in [3.8, 4) is 22.6 Å². The average molecular weight is 580 g/mol. The number of benzene rings is 3. The number of hydrogen-bond acceptors (Lipinski definition) is 6. The molecular weight excluding hydrogens is 554 g/mol. The van der Waals surface area contributed by atoms with E-state index < -0.39 is 5.97 Å². The van der Waals surface area contributed by atoms with E-state index >= 15 is 0 Å². The zero-order valence-corrected chi connectivity index (χ0v) is 21.6. The SMILES string of the molecule is CCOc1cc(-c2ccccc2F)ccc1C(=O)OC.CCOc1cc(I)ccc1C(=O)OC. The van der Waals surface area contributed by atoms with Crippen LogP contribution in [0.15, 0.2) is 60.7 Å². The molecule has 0 N–H and O–H groups in total. The van der Waals surface area contributed by atoms with E-state index in [-0.39, 0.29) is 11.8 Å². The van der Waals surface area contributed by atoms with Crippen LogP contribution in [0.1, 0.15) is 34.6 Å². The van der Waals surface area contributed by atoms with Crippen molar-refractivity contribution in [3.05, 3.63) is 81.2 Å². The minimum Gasteiger partial charge on any atom is -0.493 e. The fourth-order valence-corrected chi connectivity index (χ4v) is 3.45. The van der Waals surface area contributed by atoms with Gasteiger partial charge >= 0.3 is 11.9 Å². The van der Waals surface area contributed by atoms with Crippen LogP contribution >= 0.6 is 22.6 Å². The molecule has 0 bridgehead atoms. The van der Waals surface area contributed by atoms with Gasteiger partial charge in [0, 0.05) is 9.13 Å². The van der Waals surface area contributed by atoms with Gasteiger partial charge in [-0.2, -0.15) is 0 Å². The lowest BCUT2D eigenvalue weighted by Gasteiger charge is -2.11.